The van der Waals surface area contributed by atoms with Crippen molar-refractivity contribution in [3.63, 3.8) is 0 Å². The van der Waals surface area contributed by atoms with Crippen LogP contribution in [-0.4, -0.2) is 18.6 Å². The fourth-order valence-electron chi connectivity index (χ4n) is 1.97. The van der Waals surface area contributed by atoms with Crippen LogP contribution in [0.25, 0.3) is 0 Å². The molecule has 1 amide bonds. The van der Waals surface area contributed by atoms with Gasteiger partial charge in [0.25, 0.3) is 5.91 Å². The van der Waals surface area contributed by atoms with Crippen LogP contribution in [0.5, 0.6) is 5.75 Å². The molecule has 0 radical (unpaired) electrons. The summed E-state index contributed by atoms with van der Waals surface area (Å²) < 4.78 is 5.85. The van der Waals surface area contributed by atoms with Crippen molar-refractivity contribution in [2.24, 2.45) is 0 Å². The maximum Gasteiger partial charge on any atom is 0.260 e. The first-order valence-corrected chi connectivity index (χ1v) is 7.40. The van der Waals surface area contributed by atoms with Gasteiger partial charge in [-0.3, -0.25) is 4.79 Å². The van der Waals surface area contributed by atoms with E-state index >= 15 is 0 Å². The molecule has 0 bridgehead atoms. The number of rotatable bonds is 6. The van der Waals surface area contributed by atoms with E-state index < -0.39 is 6.10 Å². The Balaban J connectivity index is 2.71. The van der Waals surface area contributed by atoms with Crippen molar-refractivity contribution in [3.05, 3.63) is 29.8 Å². The highest BCUT2D eigenvalue weighted by Gasteiger charge is 2.21. The average Bonchev–Trinajstić information content (AvgIpc) is 2.38. The second-order valence-corrected chi connectivity index (χ2v) is 6.15. The summed E-state index contributed by atoms with van der Waals surface area (Å²) in [6.45, 7) is 11.0. The summed E-state index contributed by atoms with van der Waals surface area (Å²) in [4.78, 5) is 11.9. The SMILES string of the molecule is CCCCNC(=O)C(C)Oc1ccccc1C(C)(C)C. The van der Waals surface area contributed by atoms with Crippen molar-refractivity contribution in [1.82, 2.24) is 5.32 Å². The second kappa shape index (κ2) is 7.32. The topological polar surface area (TPSA) is 38.3 Å². The van der Waals surface area contributed by atoms with E-state index in [0.29, 0.717) is 6.54 Å². The maximum atomic E-state index is 11.9. The number of benzene rings is 1. The molecule has 0 aromatic heterocycles. The van der Waals surface area contributed by atoms with Crippen LogP contribution in [0, 0.1) is 0 Å². The van der Waals surface area contributed by atoms with E-state index in [-0.39, 0.29) is 11.3 Å². The highest BCUT2D eigenvalue weighted by atomic mass is 16.5. The summed E-state index contributed by atoms with van der Waals surface area (Å²) in [6.07, 6.45) is 1.59. The summed E-state index contributed by atoms with van der Waals surface area (Å²) in [5.41, 5.74) is 1.11. The number of hydrogen-bond donors (Lipinski definition) is 1. The fourth-order valence-corrected chi connectivity index (χ4v) is 1.97. The molecule has 1 unspecified atom stereocenters. The van der Waals surface area contributed by atoms with E-state index in [2.05, 4.69) is 39.1 Å². The molecule has 1 rings (SSSR count). The molecule has 20 heavy (non-hydrogen) atoms. The van der Waals surface area contributed by atoms with Crippen LogP contribution in [0.1, 0.15) is 53.0 Å². The van der Waals surface area contributed by atoms with E-state index in [0.717, 1.165) is 24.2 Å². The molecule has 0 aliphatic heterocycles. The number of carbonyl (C=O) groups excluding carboxylic acids is 1. The van der Waals surface area contributed by atoms with Gasteiger partial charge in [0.2, 0.25) is 0 Å². The summed E-state index contributed by atoms with van der Waals surface area (Å²) in [5.74, 6) is 0.736. The van der Waals surface area contributed by atoms with Crippen molar-refractivity contribution in [2.75, 3.05) is 6.54 Å². The second-order valence-electron chi connectivity index (χ2n) is 6.15. The third-order valence-corrected chi connectivity index (χ3v) is 3.20. The lowest BCUT2D eigenvalue weighted by molar-refractivity contribution is -0.127. The third kappa shape index (κ3) is 4.87. The quantitative estimate of drug-likeness (QED) is 0.806. The van der Waals surface area contributed by atoms with Crippen molar-refractivity contribution in [1.29, 1.82) is 0 Å². The Kier molecular flexibility index (Phi) is 6.05. The maximum absolute atomic E-state index is 11.9. The van der Waals surface area contributed by atoms with Gasteiger partial charge in [0.05, 0.1) is 0 Å². The standard InChI is InChI=1S/C17H27NO2/c1-6-7-12-18-16(19)13(2)20-15-11-9-8-10-14(15)17(3,4)5/h8-11,13H,6-7,12H2,1-5H3,(H,18,19). The van der Waals surface area contributed by atoms with Gasteiger partial charge < -0.3 is 10.1 Å². The molecule has 0 heterocycles. The van der Waals surface area contributed by atoms with E-state index in [4.69, 9.17) is 4.74 Å². The molecular formula is C17H27NO2. The van der Waals surface area contributed by atoms with E-state index in [9.17, 15) is 4.79 Å². The van der Waals surface area contributed by atoms with Gasteiger partial charge in [0.15, 0.2) is 6.10 Å². The van der Waals surface area contributed by atoms with Crippen LogP contribution in [0.3, 0.4) is 0 Å². The Morgan fingerprint density at radius 2 is 1.95 bits per heavy atom. The average molecular weight is 277 g/mol. The van der Waals surface area contributed by atoms with Crippen molar-refractivity contribution in [2.45, 2.75) is 59.0 Å². The number of nitrogens with one attached hydrogen (secondary N) is 1. The lowest BCUT2D eigenvalue weighted by Gasteiger charge is -2.24. The fraction of sp³-hybridized carbons (Fsp3) is 0.588. The van der Waals surface area contributed by atoms with Gasteiger partial charge in [-0.15, -0.1) is 0 Å². The van der Waals surface area contributed by atoms with Gasteiger partial charge in [-0.25, -0.2) is 0 Å². The Labute approximate surface area is 122 Å². The van der Waals surface area contributed by atoms with Crippen LogP contribution in [-0.2, 0) is 10.2 Å². The molecule has 0 saturated carbocycles. The van der Waals surface area contributed by atoms with Crippen molar-refractivity contribution < 1.29 is 9.53 Å². The largest absolute Gasteiger partial charge is 0.481 e. The molecule has 0 spiro atoms. The van der Waals surface area contributed by atoms with Crippen molar-refractivity contribution in [3.8, 4) is 5.75 Å². The predicted octanol–water partition coefficient (Wildman–Crippen LogP) is 3.67. The molecule has 0 aliphatic carbocycles. The van der Waals surface area contributed by atoms with E-state index in [1.54, 1.807) is 6.92 Å². The molecular weight excluding hydrogens is 250 g/mol. The number of hydrogen-bond acceptors (Lipinski definition) is 2. The third-order valence-electron chi connectivity index (χ3n) is 3.20. The smallest absolute Gasteiger partial charge is 0.260 e. The Bertz CT molecular complexity index is 435. The molecule has 1 aromatic rings. The minimum absolute atomic E-state index is 0.00496. The van der Waals surface area contributed by atoms with Crippen LogP contribution >= 0.6 is 0 Å². The number of para-hydroxylation sites is 1. The lowest BCUT2D eigenvalue weighted by Crippen LogP contribution is -2.37. The molecule has 0 aliphatic rings. The van der Waals surface area contributed by atoms with E-state index in [1.807, 2.05) is 18.2 Å². The van der Waals surface area contributed by atoms with Gasteiger partial charge in [-0.05, 0) is 30.4 Å². The van der Waals surface area contributed by atoms with Crippen LogP contribution in [0.4, 0.5) is 0 Å². The number of amides is 1. The monoisotopic (exact) mass is 277 g/mol. The molecule has 3 nitrogen and oxygen atoms in total. The minimum Gasteiger partial charge on any atom is -0.481 e. The Hall–Kier alpha value is -1.51. The number of carbonyl (C=O) groups is 1. The number of ether oxygens (including phenoxy) is 1. The van der Waals surface area contributed by atoms with Crippen LogP contribution in [0.15, 0.2) is 24.3 Å². The van der Waals surface area contributed by atoms with Gasteiger partial charge in [0, 0.05) is 6.54 Å². The molecule has 1 atom stereocenters. The summed E-state index contributed by atoms with van der Waals surface area (Å²) in [7, 11) is 0. The first-order chi connectivity index (χ1) is 9.36. The highest BCUT2D eigenvalue weighted by Crippen LogP contribution is 2.31. The Morgan fingerprint density at radius 1 is 1.30 bits per heavy atom. The minimum atomic E-state index is -0.477. The summed E-state index contributed by atoms with van der Waals surface area (Å²) >= 11 is 0. The summed E-state index contributed by atoms with van der Waals surface area (Å²) in [6, 6.07) is 7.92. The molecule has 0 saturated heterocycles. The highest BCUT2D eigenvalue weighted by molar-refractivity contribution is 5.80. The molecule has 1 aromatic carbocycles. The van der Waals surface area contributed by atoms with E-state index in [1.165, 1.54) is 0 Å². The van der Waals surface area contributed by atoms with Gasteiger partial charge >= 0.3 is 0 Å². The first kappa shape index (κ1) is 16.5. The van der Waals surface area contributed by atoms with Gasteiger partial charge in [0.1, 0.15) is 5.75 Å². The van der Waals surface area contributed by atoms with Gasteiger partial charge in [-0.2, -0.15) is 0 Å². The zero-order valence-corrected chi connectivity index (χ0v) is 13.3. The van der Waals surface area contributed by atoms with Crippen molar-refractivity contribution >= 4 is 5.91 Å². The van der Waals surface area contributed by atoms with Crippen LogP contribution < -0.4 is 10.1 Å². The van der Waals surface area contributed by atoms with Gasteiger partial charge in [-0.1, -0.05) is 52.3 Å². The molecule has 3 heteroatoms. The summed E-state index contributed by atoms with van der Waals surface area (Å²) in [5, 5.41) is 2.90. The molecule has 0 fully saturated rings. The predicted molar refractivity (Wildman–Crippen MR) is 83.1 cm³/mol. The zero-order chi connectivity index (χ0) is 15.2. The first-order valence-electron chi connectivity index (χ1n) is 7.40. The van der Waals surface area contributed by atoms with Crippen LogP contribution in [0.2, 0.25) is 0 Å². The lowest BCUT2D eigenvalue weighted by atomic mass is 9.86. The molecule has 112 valence electrons. The zero-order valence-electron chi connectivity index (χ0n) is 13.3. The Morgan fingerprint density at radius 3 is 2.55 bits per heavy atom. The normalized spacial score (nSPS) is 12.8. The molecule has 1 N–H and O–H groups in total. The number of unbranched alkanes of at least 4 members (excludes halogenated alkanes) is 1.